The lowest BCUT2D eigenvalue weighted by atomic mass is 10.0. The standard InChI is InChI=1S/C20H19Cl2N3O3/c21-13-6-12(7-14(22)9-13)8-19(26)24-5-1-2-16(11-24)25-17-4-3-15(23)10-18(17)28-20(25)27/h3-4,6-7,9-10,16H,1-2,5,8,11,23H2. The van der Waals surface area contributed by atoms with Crippen molar-refractivity contribution in [3.63, 3.8) is 0 Å². The third kappa shape index (κ3) is 3.75. The van der Waals surface area contributed by atoms with E-state index in [1.165, 1.54) is 0 Å². The highest BCUT2D eigenvalue weighted by Gasteiger charge is 2.27. The van der Waals surface area contributed by atoms with Gasteiger partial charge >= 0.3 is 5.76 Å². The van der Waals surface area contributed by atoms with E-state index in [1.807, 2.05) is 0 Å². The minimum atomic E-state index is -0.429. The van der Waals surface area contributed by atoms with Gasteiger partial charge in [-0.05, 0) is 48.7 Å². The highest BCUT2D eigenvalue weighted by atomic mass is 35.5. The molecule has 1 aromatic heterocycles. The zero-order valence-electron chi connectivity index (χ0n) is 15.0. The summed E-state index contributed by atoms with van der Waals surface area (Å²) in [4.78, 5) is 27.0. The van der Waals surface area contributed by atoms with Crippen molar-refractivity contribution in [1.29, 1.82) is 0 Å². The van der Waals surface area contributed by atoms with Gasteiger partial charge in [0, 0.05) is 34.9 Å². The first kappa shape index (κ1) is 18.9. The van der Waals surface area contributed by atoms with Gasteiger partial charge in [-0.3, -0.25) is 9.36 Å². The molecule has 1 aliphatic rings. The van der Waals surface area contributed by atoms with Crippen molar-refractivity contribution in [2.45, 2.75) is 25.3 Å². The molecule has 28 heavy (non-hydrogen) atoms. The largest absolute Gasteiger partial charge is 0.420 e. The molecule has 4 rings (SSSR count). The van der Waals surface area contributed by atoms with Gasteiger partial charge in [-0.25, -0.2) is 4.79 Å². The summed E-state index contributed by atoms with van der Waals surface area (Å²) in [5, 5.41) is 1.00. The molecular formula is C20H19Cl2N3O3. The first-order chi connectivity index (χ1) is 13.4. The molecule has 1 fully saturated rings. The summed E-state index contributed by atoms with van der Waals surface area (Å²) >= 11 is 12.1. The maximum Gasteiger partial charge on any atom is 0.420 e. The van der Waals surface area contributed by atoms with Crippen LogP contribution in [0.1, 0.15) is 24.4 Å². The Balaban J connectivity index is 1.55. The van der Waals surface area contributed by atoms with E-state index in [0.717, 1.165) is 18.4 Å². The molecule has 1 amide bonds. The maximum absolute atomic E-state index is 12.8. The van der Waals surface area contributed by atoms with Crippen molar-refractivity contribution in [2.75, 3.05) is 18.8 Å². The van der Waals surface area contributed by atoms with E-state index < -0.39 is 5.76 Å². The summed E-state index contributed by atoms with van der Waals surface area (Å²) in [5.74, 6) is -0.449. The van der Waals surface area contributed by atoms with E-state index in [2.05, 4.69) is 0 Å². The van der Waals surface area contributed by atoms with Crippen LogP contribution >= 0.6 is 23.2 Å². The minimum absolute atomic E-state index is 0.0203. The molecule has 1 unspecified atom stereocenters. The number of oxazole rings is 1. The minimum Gasteiger partial charge on any atom is -0.408 e. The number of hydrogen-bond acceptors (Lipinski definition) is 4. The lowest BCUT2D eigenvalue weighted by molar-refractivity contribution is -0.132. The van der Waals surface area contributed by atoms with Crippen LogP contribution in [0, 0.1) is 0 Å². The number of hydrogen-bond donors (Lipinski definition) is 1. The molecule has 3 aromatic rings. The average molecular weight is 420 g/mol. The second kappa shape index (κ2) is 7.53. The van der Waals surface area contributed by atoms with Crippen LogP contribution in [0.3, 0.4) is 0 Å². The SMILES string of the molecule is Nc1ccc2c(c1)oc(=O)n2C1CCCN(C(=O)Cc2cc(Cl)cc(Cl)c2)C1. The van der Waals surface area contributed by atoms with Gasteiger partial charge in [-0.1, -0.05) is 23.2 Å². The number of piperidine rings is 1. The lowest BCUT2D eigenvalue weighted by Gasteiger charge is -2.33. The van der Waals surface area contributed by atoms with E-state index in [1.54, 1.807) is 45.9 Å². The third-order valence-electron chi connectivity index (χ3n) is 5.03. The topological polar surface area (TPSA) is 81.5 Å². The number of benzene rings is 2. The molecule has 1 atom stereocenters. The van der Waals surface area contributed by atoms with Crippen LogP contribution in [0.15, 0.2) is 45.6 Å². The molecule has 146 valence electrons. The first-order valence-corrected chi connectivity index (χ1v) is 9.79. The predicted molar refractivity (Wildman–Crippen MR) is 110 cm³/mol. The molecule has 8 heteroatoms. The van der Waals surface area contributed by atoms with Gasteiger partial charge in [0.05, 0.1) is 18.0 Å². The monoisotopic (exact) mass is 419 g/mol. The number of carbonyl (C=O) groups excluding carboxylic acids is 1. The summed E-state index contributed by atoms with van der Waals surface area (Å²) in [6.07, 6.45) is 1.82. The molecular weight excluding hydrogens is 401 g/mol. The number of aromatic nitrogens is 1. The molecule has 0 bridgehead atoms. The van der Waals surface area contributed by atoms with Crippen LogP contribution in [-0.4, -0.2) is 28.5 Å². The first-order valence-electron chi connectivity index (χ1n) is 9.04. The summed E-state index contributed by atoms with van der Waals surface area (Å²) < 4.78 is 6.97. The van der Waals surface area contributed by atoms with E-state index in [9.17, 15) is 9.59 Å². The van der Waals surface area contributed by atoms with Gasteiger partial charge in [-0.15, -0.1) is 0 Å². The number of halogens is 2. The molecule has 0 spiro atoms. The fourth-order valence-electron chi connectivity index (χ4n) is 3.79. The molecule has 1 aliphatic heterocycles. The van der Waals surface area contributed by atoms with Crippen LogP contribution in [0.25, 0.3) is 11.1 Å². The van der Waals surface area contributed by atoms with Crippen LogP contribution in [0.4, 0.5) is 5.69 Å². The zero-order chi connectivity index (χ0) is 19.8. The van der Waals surface area contributed by atoms with Crippen molar-refractivity contribution in [3.05, 3.63) is 62.6 Å². The fraction of sp³-hybridized carbons (Fsp3) is 0.300. The Morgan fingerprint density at radius 2 is 1.93 bits per heavy atom. The molecule has 0 aliphatic carbocycles. The number of carbonyl (C=O) groups is 1. The summed E-state index contributed by atoms with van der Waals surface area (Å²) in [6.45, 7) is 1.10. The molecule has 2 heterocycles. The predicted octanol–water partition coefficient (Wildman–Crippen LogP) is 3.89. The number of nitrogens with two attached hydrogens (primary N) is 1. The molecule has 2 N–H and O–H groups in total. The summed E-state index contributed by atoms with van der Waals surface area (Å²) in [6, 6.07) is 10.1. The summed E-state index contributed by atoms with van der Waals surface area (Å²) in [7, 11) is 0. The highest BCUT2D eigenvalue weighted by Crippen LogP contribution is 2.27. The number of anilines is 1. The Morgan fingerprint density at radius 1 is 1.18 bits per heavy atom. The van der Waals surface area contributed by atoms with Crippen molar-refractivity contribution >= 4 is 45.9 Å². The number of likely N-dealkylation sites (tertiary alicyclic amines) is 1. The highest BCUT2D eigenvalue weighted by molar-refractivity contribution is 6.34. The van der Waals surface area contributed by atoms with Crippen molar-refractivity contribution in [3.8, 4) is 0 Å². The van der Waals surface area contributed by atoms with Gasteiger partial charge in [-0.2, -0.15) is 0 Å². The average Bonchev–Trinajstić information content (AvgIpc) is 2.95. The van der Waals surface area contributed by atoms with Crippen LogP contribution in [0.5, 0.6) is 0 Å². The Kier molecular flexibility index (Phi) is 5.08. The van der Waals surface area contributed by atoms with E-state index in [-0.39, 0.29) is 18.4 Å². The van der Waals surface area contributed by atoms with Gasteiger partial charge < -0.3 is 15.1 Å². The van der Waals surface area contributed by atoms with Crippen molar-refractivity contribution in [1.82, 2.24) is 9.47 Å². The molecule has 1 saturated heterocycles. The number of fused-ring (bicyclic) bond motifs is 1. The van der Waals surface area contributed by atoms with E-state index >= 15 is 0 Å². The summed E-state index contributed by atoms with van der Waals surface area (Å²) in [5.41, 5.74) is 8.24. The molecule has 0 saturated carbocycles. The van der Waals surface area contributed by atoms with Crippen LogP contribution in [-0.2, 0) is 11.2 Å². The smallest absolute Gasteiger partial charge is 0.408 e. The third-order valence-corrected chi connectivity index (χ3v) is 5.47. The zero-order valence-corrected chi connectivity index (χ0v) is 16.5. The Labute approximate surface area is 171 Å². The molecule has 0 radical (unpaired) electrons. The molecule has 2 aromatic carbocycles. The second-order valence-electron chi connectivity index (χ2n) is 7.06. The Morgan fingerprint density at radius 3 is 2.68 bits per heavy atom. The van der Waals surface area contributed by atoms with E-state index in [4.69, 9.17) is 33.4 Å². The fourth-order valence-corrected chi connectivity index (χ4v) is 4.36. The van der Waals surface area contributed by atoms with Crippen molar-refractivity contribution in [2.24, 2.45) is 0 Å². The van der Waals surface area contributed by atoms with Crippen LogP contribution in [0.2, 0.25) is 10.0 Å². The lowest BCUT2D eigenvalue weighted by Crippen LogP contribution is -2.42. The quantitative estimate of drug-likeness (QED) is 0.652. The van der Waals surface area contributed by atoms with Crippen LogP contribution < -0.4 is 11.5 Å². The second-order valence-corrected chi connectivity index (χ2v) is 7.93. The number of rotatable bonds is 3. The Bertz CT molecular complexity index is 1090. The number of nitrogens with zero attached hydrogens (tertiary/aromatic N) is 2. The van der Waals surface area contributed by atoms with Gasteiger partial charge in [0.2, 0.25) is 5.91 Å². The van der Waals surface area contributed by atoms with Gasteiger partial charge in [0.15, 0.2) is 5.58 Å². The van der Waals surface area contributed by atoms with Gasteiger partial charge in [0.25, 0.3) is 0 Å². The normalized spacial score (nSPS) is 17.2. The van der Waals surface area contributed by atoms with E-state index in [0.29, 0.717) is 39.9 Å². The van der Waals surface area contributed by atoms with Crippen molar-refractivity contribution < 1.29 is 9.21 Å². The maximum atomic E-state index is 12.8. The molecule has 6 nitrogen and oxygen atoms in total. The number of amides is 1. The van der Waals surface area contributed by atoms with Gasteiger partial charge in [0.1, 0.15) is 0 Å². The number of nitrogen functional groups attached to an aromatic ring is 1. The Hall–Kier alpha value is -2.44.